The molecule has 4 heteroatoms. The van der Waals surface area contributed by atoms with Gasteiger partial charge in [-0.2, -0.15) is 0 Å². The minimum Gasteiger partial charge on any atom is -0.326 e. The third kappa shape index (κ3) is 4.97. The van der Waals surface area contributed by atoms with Gasteiger partial charge in [0.15, 0.2) is 5.78 Å². The molecule has 1 N–H and O–H groups in total. The van der Waals surface area contributed by atoms with E-state index < -0.39 is 0 Å². The lowest BCUT2D eigenvalue weighted by Crippen LogP contribution is -2.23. The van der Waals surface area contributed by atoms with E-state index >= 15 is 0 Å². The molecule has 0 aromatic rings. The zero-order chi connectivity index (χ0) is 15.1. The Bertz CT molecular complexity index is 471. The van der Waals surface area contributed by atoms with Crippen molar-refractivity contribution in [1.82, 2.24) is 5.32 Å². The minimum absolute atomic E-state index is 0.00174. The predicted octanol–water partition coefficient (Wildman–Crippen LogP) is 3.85. The highest BCUT2D eigenvalue weighted by molar-refractivity contribution is 6.35. The van der Waals surface area contributed by atoms with Crippen LogP contribution in [-0.2, 0) is 9.59 Å². The van der Waals surface area contributed by atoms with E-state index in [1.807, 2.05) is 13.0 Å². The Hall–Kier alpha value is -1.35. The summed E-state index contributed by atoms with van der Waals surface area (Å²) in [5.74, 6) is 0.174. The first-order valence-electron chi connectivity index (χ1n) is 7.11. The first-order valence-corrected chi connectivity index (χ1v) is 7.49. The van der Waals surface area contributed by atoms with Gasteiger partial charge in [-0.15, -0.1) is 0 Å². The van der Waals surface area contributed by atoms with Gasteiger partial charge >= 0.3 is 0 Å². The summed E-state index contributed by atoms with van der Waals surface area (Å²) in [6, 6.07) is 0. The van der Waals surface area contributed by atoms with E-state index in [1.165, 1.54) is 0 Å². The summed E-state index contributed by atoms with van der Waals surface area (Å²) in [7, 11) is 0. The van der Waals surface area contributed by atoms with Crippen LogP contribution in [-0.4, -0.2) is 11.7 Å². The third-order valence-electron chi connectivity index (χ3n) is 3.09. The maximum absolute atomic E-state index is 11.8. The summed E-state index contributed by atoms with van der Waals surface area (Å²) in [5, 5.41) is 3.24. The maximum Gasteiger partial charge on any atom is 0.227 e. The van der Waals surface area contributed by atoms with Gasteiger partial charge in [0.05, 0.1) is 5.03 Å². The van der Waals surface area contributed by atoms with Crippen LogP contribution in [0.3, 0.4) is 0 Å². The molecule has 0 aliphatic heterocycles. The number of nitrogens with one attached hydrogen (secondary N) is 1. The highest BCUT2D eigenvalue weighted by Gasteiger charge is 2.29. The van der Waals surface area contributed by atoms with Gasteiger partial charge in [0.2, 0.25) is 5.91 Å². The lowest BCUT2D eigenvalue weighted by atomic mass is 10.1. The van der Waals surface area contributed by atoms with Gasteiger partial charge in [0, 0.05) is 23.6 Å². The summed E-state index contributed by atoms with van der Waals surface area (Å²) in [6.45, 7) is 5.57. The molecular weight excluding hydrogens is 274 g/mol. The smallest absolute Gasteiger partial charge is 0.227 e. The normalized spacial score (nSPS) is 17.1. The molecule has 1 fully saturated rings. The predicted molar refractivity (Wildman–Crippen MR) is 82.2 cm³/mol. The Balaban J connectivity index is 2.86. The Morgan fingerprint density at radius 1 is 1.30 bits per heavy atom. The van der Waals surface area contributed by atoms with Crippen molar-refractivity contribution in [3.63, 3.8) is 0 Å². The Labute approximate surface area is 125 Å². The van der Waals surface area contributed by atoms with Crippen molar-refractivity contribution in [3.8, 4) is 0 Å². The number of carbonyl (C=O) groups is 2. The number of allylic oxidation sites excluding steroid dienone is 5. The molecule has 1 amide bonds. The van der Waals surface area contributed by atoms with Gasteiger partial charge in [-0.05, 0) is 32.3 Å². The Morgan fingerprint density at radius 2 is 1.95 bits per heavy atom. The lowest BCUT2D eigenvalue weighted by molar-refractivity contribution is -0.121. The summed E-state index contributed by atoms with van der Waals surface area (Å²) < 4.78 is 0. The van der Waals surface area contributed by atoms with Crippen LogP contribution in [0.2, 0.25) is 0 Å². The standard InChI is InChI=1S/C16H22ClNO2/c1-4-7-12(18-16(20)11-8-9-11)10-14(17)13(5-2)15(19)6-3/h5,7,10-11H,4,6,8-9H2,1-3H3,(H,18,20)/b12-7-,13-5+,14-10+. The number of rotatable bonds is 7. The number of carbonyl (C=O) groups excluding carboxylic acids is 2. The van der Waals surface area contributed by atoms with E-state index in [4.69, 9.17) is 11.6 Å². The molecule has 20 heavy (non-hydrogen) atoms. The highest BCUT2D eigenvalue weighted by Crippen LogP contribution is 2.29. The number of ketones is 1. The van der Waals surface area contributed by atoms with Gasteiger partial charge in [-0.1, -0.05) is 37.6 Å². The molecule has 1 aliphatic carbocycles. The molecule has 0 aromatic heterocycles. The molecule has 110 valence electrons. The monoisotopic (exact) mass is 295 g/mol. The molecule has 0 heterocycles. The first kappa shape index (κ1) is 16.7. The van der Waals surface area contributed by atoms with Crippen molar-refractivity contribution in [2.24, 2.45) is 5.92 Å². The lowest BCUT2D eigenvalue weighted by Gasteiger charge is -2.08. The summed E-state index contributed by atoms with van der Waals surface area (Å²) in [6.07, 6.45) is 8.37. The van der Waals surface area contributed by atoms with Crippen LogP contribution in [0.4, 0.5) is 0 Å². The molecular formula is C16H22ClNO2. The van der Waals surface area contributed by atoms with E-state index in [2.05, 4.69) is 5.32 Å². The topological polar surface area (TPSA) is 46.2 Å². The largest absolute Gasteiger partial charge is 0.326 e. The van der Waals surface area contributed by atoms with Crippen LogP contribution < -0.4 is 5.32 Å². The van der Waals surface area contributed by atoms with Crippen LogP contribution in [0.5, 0.6) is 0 Å². The quantitative estimate of drug-likeness (QED) is 0.573. The minimum atomic E-state index is -0.00174. The molecule has 0 spiro atoms. The molecule has 1 saturated carbocycles. The molecule has 0 saturated heterocycles. The molecule has 0 unspecified atom stereocenters. The van der Waals surface area contributed by atoms with Crippen molar-refractivity contribution < 1.29 is 9.59 Å². The average Bonchev–Trinajstić information content (AvgIpc) is 3.23. The Kier molecular flexibility index (Phi) is 6.73. The zero-order valence-corrected chi connectivity index (χ0v) is 13.1. The van der Waals surface area contributed by atoms with Crippen molar-refractivity contribution >= 4 is 23.3 Å². The summed E-state index contributed by atoms with van der Waals surface area (Å²) in [4.78, 5) is 23.6. The average molecular weight is 296 g/mol. The van der Waals surface area contributed by atoms with Gasteiger partial charge in [0.1, 0.15) is 0 Å². The van der Waals surface area contributed by atoms with Crippen molar-refractivity contribution in [2.75, 3.05) is 0 Å². The first-order chi connectivity index (χ1) is 9.53. The number of amides is 1. The number of halogens is 1. The van der Waals surface area contributed by atoms with E-state index in [-0.39, 0.29) is 17.6 Å². The number of Topliss-reactive ketones (excluding diaryl/α,β-unsaturated/α-hetero) is 1. The molecule has 1 rings (SSSR count). The fourth-order valence-corrected chi connectivity index (χ4v) is 2.12. The second kappa shape index (κ2) is 8.05. The second-order valence-corrected chi connectivity index (χ2v) is 5.21. The second-order valence-electron chi connectivity index (χ2n) is 4.80. The van der Waals surface area contributed by atoms with E-state index in [0.717, 1.165) is 19.3 Å². The molecule has 0 atom stereocenters. The molecule has 0 radical (unpaired) electrons. The van der Waals surface area contributed by atoms with Crippen LogP contribution in [0.25, 0.3) is 0 Å². The van der Waals surface area contributed by atoms with Crippen molar-refractivity contribution in [3.05, 3.63) is 34.5 Å². The van der Waals surface area contributed by atoms with E-state index in [9.17, 15) is 9.59 Å². The summed E-state index contributed by atoms with van der Waals surface area (Å²) >= 11 is 6.21. The van der Waals surface area contributed by atoms with Gasteiger partial charge in [0.25, 0.3) is 0 Å². The van der Waals surface area contributed by atoms with Gasteiger partial charge < -0.3 is 5.32 Å². The number of hydrogen-bond acceptors (Lipinski definition) is 2. The maximum atomic E-state index is 11.8. The fraction of sp³-hybridized carbons (Fsp3) is 0.500. The summed E-state index contributed by atoms with van der Waals surface area (Å²) in [5.41, 5.74) is 1.16. The van der Waals surface area contributed by atoms with Crippen LogP contribution in [0, 0.1) is 5.92 Å². The van der Waals surface area contributed by atoms with Crippen molar-refractivity contribution in [1.29, 1.82) is 0 Å². The molecule has 0 aromatic carbocycles. The fourth-order valence-electron chi connectivity index (χ4n) is 1.79. The number of hydrogen-bond donors (Lipinski definition) is 1. The van der Waals surface area contributed by atoms with Crippen LogP contribution >= 0.6 is 11.6 Å². The third-order valence-corrected chi connectivity index (χ3v) is 3.40. The van der Waals surface area contributed by atoms with Crippen LogP contribution in [0.15, 0.2) is 34.5 Å². The van der Waals surface area contributed by atoms with Crippen LogP contribution in [0.1, 0.15) is 46.5 Å². The molecule has 1 aliphatic rings. The van der Waals surface area contributed by atoms with Crippen molar-refractivity contribution in [2.45, 2.75) is 46.5 Å². The van der Waals surface area contributed by atoms with Gasteiger partial charge in [-0.3, -0.25) is 9.59 Å². The SMILES string of the molecule is C\C=C(C(=O)CC)/C(Cl)=C\C(=C\CC)NC(=O)C1CC1. The highest BCUT2D eigenvalue weighted by atomic mass is 35.5. The Morgan fingerprint density at radius 3 is 2.40 bits per heavy atom. The zero-order valence-electron chi connectivity index (χ0n) is 12.3. The molecule has 3 nitrogen and oxygen atoms in total. The molecule has 0 bridgehead atoms. The van der Waals surface area contributed by atoms with E-state index in [1.54, 1.807) is 26.0 Å². The van der Waals surface area contributed by atoms with E-state index in [0.29, 0.717) is 22.7 Å². The van der Waals surface area contributed by atoms with Gasteiger partial charge in [-0.25, -0.2) is 0 Å².